The van der Waals surface area contributed by atoms with Gasteiger partial charge in [0.25, 0.3) is 0 Å². The normalized spacial score (nSPS) is 30.0. The van der Waals surface area contributed by atoms with Gasteiger partial charge in [-0.2, -0.15) is 0 Å². The molecule has 2 heteroatoms. The van der Waals surface area contributed by atoms with E-state index in [0.29, 0.717) is 0 Å². The van der Waals surface area contributed by atoms with Crippen LogP contribution in [0.2, 0.25) is 0 Å². The summed E-state index contributed by atoms with van der Waals surface area (Å²) in [6, 6.07) is 0.732. The van der Waals surface area contributed by atoms with E-state index in [1.807, 2.05) is 0 Å². The third-order valence-electron chi connectivity index (χ3n) is 5.06. The highest BCUT2D eigenvalue weighted by Crippen LogP contribution is 2.25. The van der Waals surface area contributed by atoms with Crippen LogP contribution in [0.25, 0.3) is 0 Å². The van der Waals surface area contributed by atoms with Crippen molar-refractivity contribution in [3.8, 4) is 0 Å². The number of hydrogen-bond donors (Lipinski definition) is 1. The van der Waals surface area contributed by atoms with Crippen molar-refractivity contribution in [1.29, 1.82) is 0 Å². The van der Waals surface area contributed by atoms with Gasteiger partial charge in [-0.3, -0.25) is 0 Å². The smallest absolute Gasteiger partial charge is 0.00671 e. The maximum Gasteiger partial charge on any atom is 0.00671 e. The van der Waals surface area contributed by atoms with Gasteiger partial charge < -0.3 is 10.2 Å². The second-order valence-electron chi connectivity index (χ2n) is 6.72. The van der Waals surface area contributed by atoms with E-state index in [2.05, 4.69) is 24.2 Å². The first kappa shape index (κ1) is 14.3. The Morgan fingerprint density at radius 2 is 1.78 bits per heavy atom. The zero-order valence-electron chi connectivity index (χ0n) is 12.5. The first-order chi connectivity index (χ1) is 8.75. The molecule has 1 heterocycles. The van der Waals surface area contributed by atoms with Crippen LogP contribution < -0.4 is 5.32 Å². The number of nitrogens with zero attached hydrogens (tertiary/aromatic N) is 1. The molecule has 1 N–H and O–H groups in total. The molecule has 1 saturated carbocycles. The van der Waals surface area contributed by atoms with E-state index >= 15 is 0 Å². The Morgan fingerprint density at radius 3 is 2.44 bits per heavy atom. The lowest BCUT2D eigenvalue weighted by Gasteiger charge is -2.32. The fraction of sp³-hybridized carbons (Fsp3) is 1.00. The summed E-state index contributed by atoms with van der Waals surface area (Å²) in [7, 11) is 2.26. The van der Waals surface area contributed by atoms with Crippen molar-refractivity contribution in [3.63, 3.8) is 0 Å². The molecule has 0 aromatic carbocycles. The topological polar surface area (TPSA) is 15.3 Å². The Balaban J connectivity index is 1.68. The van der Waals surface area contributed by atoms with Crippen LogP contribution in [-0.2, 0) is 0 Å². The van der Waals surface area contributed by atoms with Crippen LogP contribution in [0.4, 0.5) is 0 Å². The van der Waals surface area contributed by atoms with Crippen LogP contribution in [0.1, 0.15) is 58.3 Å². The van der Waals surface area contributed by atoms with Gasteiger partial charge in [0.05, 0.1) is 0 Å². The number of likely N-dealkylation sites (tertiary alicyclic amines) is 1. The van der Waals surface area contributed by atoms with Crippen LogP contribution in [0.15, 0.2) is 0 Å². The number of nitrogens with one attached hydrogen (secondary N) is 1. The number of rotatable bonds is 4. The standard InChI is InChI=1S/C16H32N2/c1-14(16-9-5-3-4-6-10-16)17-12-15-8-7-11-18(2)13-15/h14-17H,3-13H2,1-2H3/t14-,15?/m1/s1. The Bertz CT molecular complexity index is 221. The molecule has 1 aliphatic carbocycles. The van der Waals surface area contributed by atoms with E-state index in [-0.39, 0.29) is 0 Å². The van der Waals surface area contributed by atoms with E-state index < -0.39 is 0 Å². The molecule has 0 aromatic rings. The van der Waals surface area contributed by atoms with E-state index in [1.54, 1.807) is 0 Å². The third-order valence-corrected chi connectivity index (χ3v) is 5.06. The lowest BCUT2D eigenvalue weighted by Crippen LogP contribution is -2.42. The van der Waals surface area contributed by atoms with Crippen LogP contribution in [0.3, 0.4) is 0 Å². The summed E-state index contributed by atoms with van der Waals surface area (Å²) >= 11 is 0. The zero-order valence-corrected chi connectivity index (χ0v) is 12.5. The van der Waals surface area contributed by atoms with Gasteiger partial charge >= 0.3 is 0 Å². The number of piperidine rings is 1. The fourth-order valence-corrected chi connectivity index (χ4v) is 3.77. The largest absolute Gasteiger partial charge is 0.314 e. The quantitative estimate of drug-likeness (QED) is 0.773. The molecule has 0 amide bonds. The van der Waals surface area contributed by atoms with Crippen molar-refractivity contribution in [2.24, 2.45) is 11.8 Å². The van der Waals surface area contributed by atoms with Crippen LogP contribution in [-0.4, -0.2) is 37.6 Å². The molecular formula is C16H32N2. The minimum Gasteiger partial charge on any atom is -0.314 e. The average molecular weight is 252 g/mol. The lowest BCUT2D eigenvalue weighted by molar-refractivity contribution is 0.197. The second kappa shape index (κ2) is 7.49. The highest BCUT2D eigenvalue weighted by atomic mass is 15.1. The van der Waals surface area contributed by atoms with Crippen molar-refractivity contribution < 1.29 is 0 Å². The molecule has 1 aliphatic heterocycles. The predicted molar refractivity (Wildman–Crippen MR) is 78.9 cm³/mol. The summed E-state index contributed by atoms with van der Waals surface area (Å²) in [5.74, 6) is 1.82. The van der Waals surface area contributed by atoms with Crippen molar-refractivity contribution in [2.45, 2.75) is 64.3 Å². The Hall–Kier alpha value is -0.0800. The fourth-order valence-electron chi connectivity index (χ4n) is 3.77. The van der Waals surface area contributed by atoms with Crippen molar-refractivity contribution in [2.75, 3.05) is 26.7 Å². The summed E-state index contributed by atoms with van der Waals surface area (Å²) < 4.78 is 0. The maximum absolute atomic E-state index is 3.84. The van der Waals surface area contributed by atoms with Crippen LogP contribution in [0.5, 0.6) is 0 Å². The van der Waals surface area contributed by atoms with E-state index in [9.17, 15) is 0 Å². The molecule has 18 heavy (non-hydrogen) atoms. The molecule has 1 saturated heterocycles. The first-order valence-electron chi connectivity index (χ1n) is 8.17. The van der Waals surface area contributed by atoms with Crippen LogP contribution in [0, 0.1) is 11.8 Å². The molecule has 0 radical (unpaired) electrons. The highest BCUT2D eigenvalue weighted by molar-refractivity contribution is 4.78. The minimum atomic E-state index is 0.732. The predicted octanol–water partition coefficient (Wildman–Crippen LogP) is 3.28. The van der Waals surface area contributed by atoms with Gasteiger partial charge in [0.1, 0.15) is 0 Å². The summed E-state index contributed by atoms with van der Waals surface area (Å²) in [5.41, 5.74) is 0. The van der Waals surface area contributed by atoms with Crippen molar-refractivity contribution >= 4 is 0 Å². The SMILES string of the molecule is C[C@@H](NCC1CCCN(C)C1)C1CCCCCC1. The lowest BCUT2D eigenvalue weighted by atomic mass is 9.92. The molecule has 0 bridgehead atoms. The summed E-state index contributed by atoms with van der Waals surface area (Å²) in [6.45, 7) is 6.25. The summed E-state index contributed by atoms with van der Waals surface area (Å²) in [6.07, 6.45) is 11.6. The van der Waals surface area contributed by atoms with E-state index in [1.165, 1.54) is 71.0 Å². The van der Waals surface area contributed by atoms with Gasteiger partial charge in [-0.1, -0.05) is 25.7 Å². The van der Waals surface area contributed by atoms with Gasteiger partial charge in [-0.25, -0.2) is 0 Å². The Labute approximate surface area is 114 Å². The van der Waals surface area contributed by atoms with Crippen molar-refractivity contribution in [3.05, 3.63) is 0 Å². The second-order valence-corrected chi connectivity index (χ2v) is 6.72. The molecule has 106 valence electrons. The molecule has 2 nitrogen and oxygen atoms in total. The van der Waals surface area contributed by atoms with Gasteiger partial charge in [-0.15, -0.1) is 0 Å². The Kier molecular flexibility index (Phi) is 5.97. The van der Waals surface area contributed by atoms with Gasteiger partial charge in [0.2, 0.25) is 0 Å². The molecule has 0 spiro atoms. The third kappa shape index (κ3) is 4.55. The molecule has 2 aliphatic rings. The molecule has 1 unspecified atom stereocenters. The Morgan fingerprint density at radius 1 is 1.06 bits per heavy atom. The van der Waals surface area contributed by atoms with Crippen LogP contribution >= 0.6 is 0 Å². The van der Waals surface area contributed by atoms with Gasteiger partial charge in [0, 0.05) is 12.6 Å². The molecule has 2 rings (SSSR count). The maximum atomic E-state index is 3.84. The number of hydrogen-bond acceptors (Lipinski definition) is 2. The first-order valence-corrected chi connectivity index (χ1v) is 8.17. The minimum absolute atomic E-state index is 0.732. The molecule has 0 aromatic heterocycles. The van der Waals surface area contributed by atoms with Gasteiger partial charge in [0.15, 0.2) is 0 Å². The van der Waals surface area contributed by atoms with E-state index in [0.717, 1.165) is 17.9 Å². The molecule has 2 fully saturated rings. The monoisotopic (exact) mass is 252 g/mol. The van der Waals surface area contributed by atoms with Crippen molar-refractivity contribution in [1.82, 2.24) is 10.2 Å². The van der Waals surface area contributed by atoms with E-state index in [4.69, 9.17) is 0 Å². The zero-order chi connectivity index (χ0) is 12.8. The van der Waals surface area contributed by atoms with Gasteiger partial charge in [-0.05, 0) is 64.6 Å². The molecule has 2 atom stereocenters. The highest BCUT2D eigenvalue weighted by Gasteiger charge is 2.21. The molecular weight excluding hydrogens is 220 g/mol. The summed E-state index contributed by atoms with van der Waals surface area (Å²) in [4.78, 5) is 2.49. The summed E-state index contributed by atoms with van der Waals surface area (Å²) in [5, 5.41) is 3.84. The average Bonchev–Trinajstić information content (AvgIpc) is 2.65.